The van der Waals surface area contributed by atoms with E-state index in [-0.39, 0.29) is 6.42 Å². The number of rotatable bonds is 17. The van der Waals surface area contributed by atoms with Crippen molar-refractivity contribution in [2.45, 2.75) is 110 Å². The summed E-state index contributed by atoms with van der Waals surface area (Å²) in [6.07, 6.45) is 18.0. The zero-order chi connectivity index (χ0) is 16.5. The number of aliphatic carboxylic acids is 1. The first kappa shape index (κ1) is 21.4. The molecule has 3 heteroatoms. The Morgan fingerprint density at radius 1 is 0.864 bits per heavy atom. The number of nitrogens with one attached hydrogen (secondary N) is 1. The van der Waals surface area contributed by atoms with Crippen LogP contribution in [0.2, 0.25) is 0 Å². The van der Waals surface area contributed by atoms with Gasteiger partial charge in [-0.3, -0.25) is 4.79 Å². The summed E-state index contributed by atoms with van der Waals surface area (Å²) < 4.78 is 0. The molecule has 0 heterocycles. The zero-order valence-corrected chi connectivity index (χ0v) is 15.0. The lowest BCUT2D eigenvalue weighted by atomic mass is 10.0. The Morgan fingerprint density at radius 3 is 1.77 bits per heavy atom. The summed E-state index contributed by atoms with van der Waals surface area (Å²) in [5.74, 6) is -0.718. The topological polar surface area (TPSA) is 49.3 Å². The van der Waals surface area contributed by atoms with Crippen molar-refractivity contribution in [2.24, 2.45) is 0 Å². The van der Waals surface area contributed by atoms with Crippen LogP contribution in [0.3, 0.4) is 0 Å². The van der Waals surface area contributed by atoms with E-state index < -0.39 is 5.97 Å². The maximum Gasteiger partial charge on any atom is 0.304 e. The molecule has 0 aromatic heterocycles. The predicted octanol–water partition coefficient (Wildman–Crippen LogP) is 5.53. The van der Waals surface area contributed by atoms with E-state index >= 15 is 0 Å². The summed E-state index contributed by atoms with van der Waals surface area (Å²) >= 11 is 0. The monoisotopic (exact) mass is 313 g/mol. The van der Waals surface area contributed by atoms with Gasteiger partial charge in [0, 0.05) is 12.6 Å². The van der Waals surface area contributed by atoms with Gasteiger partial charge in [0.2, 0.25) is 0 Å². The van der Waals surface area contributed by atoms with Crippen LogP contribution in [0.15, 0.2) is 0 Å². The molecule has 0 fully saturated rings. The number of carbonyl (C=O) groups is 1. The highest BCUT2D eigenvalue weighted by Gasteiger charge is 2.02. The molecule has 22 heavy (non-hydrogen) atoms. The first-order valence-electron chi connectivity index (χ1n) is 9.62. The van der Waals surface area contributed by atoms with Crippen molar-refractivity contribution >= 4 is 5.97 Å². The molecule has 0 saturated heterocycles. The summed E-state index contributed by atoms with van der Waals surface area (Å²) in [7, 11) is 0. The first-order chi connectivity index (χ1) is 10.7. The predicted molar refractivity (Wildman–Crippen MR) is 95.4 cm³/mol. The quantitative estimate of drug-likeness (QED) is 0.347. The van der Waals surface area contributed by atoms with Crippen molar-refractivity contribution in [3.05, 3.63) is 0 Å². The van der Waals surface area contributed by atoms with Crippen LogP contribution in [0.25, 0.3) is 0 Å². The summed E-state index contributed by atoms with van der Waals surface area (Å²) in [4.78, 5) is 10.4. The van der Waals surface area contributed by atoms with E-state index in [2.05, 4.69) is 19.2 Å². The molecule has 0 rings (SSSR count). The van der Waals surface area contributed by atoms with E-state index in [4.69, 9.17) is 5.11 Å². The van der Waals surface area contributed by atoms with Crippen molar-refractivity contribution in [1.29, 1.82) is 0 Å². The van der Waals surface area contributed by atoms with Crippen molar-refractivity contribution in [3.63, 3.8) is 0 Å². The third kappa shape index (κ3) is 17.5. The molecule has 0 aliphatic carbocycles. The second-order valence-corrected chi connectivity index (χ2v) is 6.68. The van der Waals surface area contributed by atoms with Crippen molar-refractivity contribution < 1.29 is 9.90 Å². The molecular weight excluding hydrogens is 274 g/mol. The lowest BCUT2D eigenvalue weighted by Gasteiger charge is -2.12. The van der Waals surface area contributed by atoms with E-state index in [1.165, 1.54) is 77.0 Å². The van der Waals surface area contributed by atoms with E-state index in [1.807, 2.05) is 0 Å². The van der Waals surface area contributed by atoms with E-state index in [1.54, 1.807) is 0 Å². The van der Waals surface area contributed by atoms with E-state index in [0.29, 0.717) is 12.6 Å². The average Bonchev–Trinajstić information content (AvgIpc) is 2.48. The number of hydrogen-bond acceptors (Lipinski definition) is 2. The van der Waals surface area contributed by atoms with Crippen LogP contribution < -0.4 is 5.32 Å². The third-order valence-corrected chi connectivity index (χ3v) is 4.32. The van der Waals surface area contributed by atoms with Crippen LogP contribution in [0, 0.1) is 0 Å². The van der Waals surface area contributed by atoms with Crippen molar-refractivity contribution in [2.75, 3.05) is 6.54 Å². The van der Waals surface area contributed by atoms with Crippen LogP contribution in [0.1, 0.15) is 104 Å². The minimum Gasteiger partial charge on any atom is -0.481 e. The molecule has 0 spiro atoms. The minimum absolute atomic E-state index is 0.225. The highest BCUT2D eigenvalue weighted by atomic mass is 16.4. The van der Waals surface area contributed by atoms with Crippen LogP contribution in [0.4, 0.5) is 0 Å². The Balaban J connectivity index is 3.11. The normalized spacial score (nSPS) is 12.5. The fourth-order valence-electron chi connectivity index (χ4n) is 2.82. The minimum atomic E-state index is -0.718. The summed E-state index contributed by atoms with van der Waals surface area (Å²) in [6, 6.07) is 0.447. The summed E-state index contributed by atoms with van der Waals surface area (Å²) in [5, 5.41) is 11.8. The van der Waals surface area contributed by atoms with Gasteiger partial charge in [0.15, 0.2) is 0 Å². The Morgan fingerprint density at radius 2 is 1.32 bits per heavy atom. The van der Waals surface area contributed by atoms with Gasteiger partial charge >= 0.3 is 5.97 Å². The molecule has 0 radical (unpaired) electrons. The Bertz CT molecular complexity index is 244. The molecule has 0 aromatic carbocycles. The van der Waals surface area contributed by atoms with Crippen LogP contribution in [-0.2, 0) is 4.79 Å². The number of carboxylic acid groups (broad SMARTS) is 1. The van der Waals surface area contributed by atoms with Crippen LogP contribution in [0.5, 0.6) is 0 Å². The van der Waals surface area contributed by atoms with Crippen LogP contribution >= 0.6 is 0 Å². The second-order valence-electron chi connectivity index (χ2n) is 6.68. The van der Waals surface area contributed by atoms with Gasteiger partial charge in [0.25, 0.3) is 0 Å². The fourth-order valence-corrected chi connectivity index (χ4v) is 2.82. The van der Waals surface area contributed by atoms with Crippen LogP contribution in [-0.4, -0.2) is 23.7 Å². The average molecular weight is 314 g/mol. The van der Waals surface area contributed by atoms with E-state index in [0.717, 1.165) is 6.42 Å². The standard InChI is InChI=1S/C19H39NO2/c1-3-4-5-6-7-8-9-10-11-12-13-14-15-18(2)20-17-16-19(21)22/h18,20H,3-17H2,1-2H3,(H,21,22). The molecule has 0 aromatic rings. The first-order valence-corrected chi connectivity index (χ1v) is 9.62. The third-order valence-electron chi connectivity index (χ3n) is 4.32. The van der Waals surface area contributed by atoms with Gasteiger partial charge in [-0.1, -0.05) is 84.0 Å². The smallest absolute Gasteiger partial charge is 0.304 e. The molecule has 0 aliphatic rings. The number of unbranched alkanes of at least 4 members (excludes halogenated alkanes) is 11. The number of hydrogen-bond donors (Lipinski definition) is 2. The zero-order valence-electron chi connectivity index (χ0n) is 15.0. The largest absolute Gasteiger partial charge is 0.481 e. The lowest BCUT2D eigenvalue weighted by molar-refractivity contribution is -0.136. The maximum absolute atomic E-state index is 10.4. The second kappa shape index (κ2) is 16.8. The summed E-state index contributed by atoms with van der Waals surface area (Å²) in [5.41, 5.74) is 0. The molecule has 1 unspecified atom stereocenters. The molecular formula is C19H39NO2. The van der Waals surface area contributed by atoms with Crippen molar-refractivity contribution in [1.82, 2.24) is 5.32 Å². The molecule has 132 valence electrons. The Labute approximate surface area is 138 Å². The Hall–Kier alpha value is -0.570. The molecule has 0 bridgehead atoms. The lowest BCUT2D eigenvalue weighted by Crippen LogP contribution is -2.28. The van der Waals surface area contributed by atoms with Crippen molar-refractivity contribution in [3.8, 4) is 0 Å². The molecule has 0 amide bonds. The Kier molecular flexibility index (Phi) is 16.4. The molecule has 1 atom stereocenters. The highest BCUT2D eigenvalue weighted by Crippen LogP contribution is 2.12. The van der Waals surface area contributed by atoms with Gasteiger partial charge in [-0.25, -0.2) is 0 Å². The maximum atomic E-state index is 10.4. The number of carboxylic acids is 1. The summed E-state index contributed by atoms with van der Waals surface area (Å²) in [6.45, 7) is 5.02. The fraction of sp³-hybridized carbons (Fsp3) is 0.947. The SMILES string of the molecule is CCCCCCCCCCCCCCC(C)NCCC(=O)O. The molecule has 0 aliphatic heterocycles. The highest BCUT2D eigenvalue weighted by molar-refractivity contribution is 5.66. The van der Waals surface area contributed by atoms with Gasteiger partial charge < -0.3 is 10.4 Å². The van der Waals surface area contributed by atoms with Gasteiger partial charge in [0.1, 0.15) is 0 Å². The van der Waals surface area contributed by atoms with Gasteiger partial charge in [-0.05, 0) is 13.3 Å². The van der Waals surface area contributed by atoms with Gasteiger partial charge in [-0.2, -0.15) is 0 Å². The molecule has 3 nitrogen and oxygen atoms in total. The van der Waals surface area contributed by atoms with E-state index in [9.17, 15) is 4.79 Å². The van der Waals surface area contributed by atoms with Gasteiger partial charge in [0.05, 0.1) is 6.42 Å². The molecule has 0 saturated carbocycles. The van der Waals surface area contributed by atoms with Gasteiger partial charge in [-0.15, -0.1) is 0 Å². The molecule has 2 N–H and O–H groups in total.